The van der Waals surface area contributed by atoms with Crippen LogP contribution in [-0.2, 0) is 11.2 Å². The monoisotopic (exact) mass is 324 g/mol. The molecular weight excluding hydrogens is 300 g/mol. The average molecular weight is 324 g/mol. The molecule has 3 N–H and O–H groups in total. The van der Waals surface area contributed by atoms with Gasteiger partial charge >= 0.3 is 0 Å². The van der Waals surface area contributed by atoms with Gasteiger partial charge in [-0.2, -0.15) is 0 Å². The summed E-state index contributed by atoms with van der Waals surface area (Å²) in [4.78, 5) is 11.3. The van der Waals surface area contributed by atoms with Crippen LogP contribution < -0.4 is 10.6 Å². The van der Waals surface area contributed by atoms with E-state index < -0.39 is 12.5 Å². The standard InChI is InChI=1S/C20H24N2O2/c23-14-20(24)22-18-10-5-9-17(13-18)21-19-11-4-8-16(19)12-15-6-2-1-3-7-15/h1-3,5-7,9-10,13,16,19,21,23H,4,8,11-12,14H2,(H,22,24). The molecule has 24 heavy (non-hydrogen) atoms. The fourth-order valence-corrected chi connectivity index (χ4v) is 3.49. The first-order valence-electron chi connectivity index (χ1n) is 8.56. The summed E-state index contributed by atoms with van der Waals surface area (Å²) in [6.07, 6.45) is 4.76. The van der Waals surface area contributed by atoms with Crippen LogP contribution in [0.4, 0.5) is 11.4 Å². The lowest BCUT2D eigenvalue weighted by atomic mass is 9.94. The van der Waals surface area contributed by atoms with E-state index in [-0.39, 0.29) is 0 Å². The van der Waals surface area contributed by atoms with Gasteiger partial charge in [0.15, 0.2) is 0 Å². The van der Waals surface area contributed by atoms with E-state index in [1.54, 1.807) is 0 Å². The third kappa shape index (κ3) is 4.36. The maximum Gasteiger partial charge on any atom is 0.250 e. The van der Waals surface area contributed by atoms with Gasteiger partial charge in [0, 0.05) is 17.4 Å². The van der Waals surface area contributed by atoms with E-state index in [9.17, 15) is 4.79 Å². The number of amides is 1. The number of carbonyl (C=O) groups is 1. The molecule has 3 rings (SSSR count). The zero-order chi connectivity index (χ0) is 16.8. The molecule has 2 aromatic rings. The van der Waals surface area contributed by atoms with Gasteiger partial charge in [0.1, 0.15) is 6.61 Å². The van der Waals surface area contributed by atoms with Crippen molar-refractivity contribution in [3.05, 3.63) is 60.2 Å². The van der Waals surface area contributed by atoms with Crippen molar-refractivity contribution in [2.24, 2.45) is 5.92 Å². The predicted molar refractivity (Wildman–Crippen MR) is 97.1 cm³/mol. The molecule has 0 heterocycles. The predicted octanol–water partition coefficient (Wildman–Crippen LogP) is 3.44. The highest BCUT2D eigenvalue weighted by molar-refractivity contribution is 5.91. The van der Waals surface area contributed by atoms with E-state index in [0.29, 0.717) is 17.6 Å². The molecule has 4 heteroatoms. The fraction of sp³-hybridized carbons (Fsp3) is 0.350. The summed E-state index contributed by atoms with van der Waals surface area (Å²) < 4.78 is 0. The normalized spacial score (nSPS) is 19.9. The molecule has 1 fully saturated rings. The highest BCUT2D eigenvalue weighted by Crippen LogP contribution is 2.31. The molecule has 2 aromatic carbocycles. The molecule has 0 radical (unpaired) electrons. The summed E-state index contributed by atoms with van der Waals surface area (Å²) in [6.45, 7) is -0.501. The second-order valence-corrected chi connectivity index (χ2v) is 6.42. The lowest BCUT2D eigenvalue weighted by molar-refractivity contribution is -0.118. The SMILES string of the molecule is O=C(CO)Nc1cccc(NC2CCCC2Cc2ccccc2)c1. The largest absolute Gasteiger partial charge is 0.387 e. The first-order valence-corrected chi connectivity index (χ1v) is 8.56. The Hall–Kier alpha value is -2.33. The smallest absolute Gasteiger partial charge is 0.250 e. The van der Waals surface area contributed by atoms with Gasteiger partial charge in [0.25, 0.3) is 0 Å². The summed E-state index contributed by atoms with van der Waals surface area (Å²) in [5.74, 6) is 0.234. The van der Waals surface area contributed by atoms with Crippen LogP contribution in [0.2, 0.25) is 0 Å². The van der Waals surface area contributed by atoms with E-state index in [0.717, 1.165) is 12.1 Å². The van der Waals surface area contributed by atoms with Gasteiger partial charge in [-0.15, -0.1) is 0 Å². The van der Waals surface area contributed by atoms with Crippen molar-refractivity contribution in [3.63, 3.8) is 0 Å². The van der Waals surface area contributed by atoms with E-state index >= 15 is 0 Å². The van der Waals surface area contributed by atoms with Gasteiger partial charge < -0.3 is 15.7 Å². The minimum atomic E-state index is -0.501. The lowest BCUT2D eigenvalue weighted by Gasteiger charge is -2.22. The van der Waals surface area contributed by atoms with Gasteiger partial charge in [-0.1, -0.05) is 42.8 Å². The van der Waals surface area contributed by atoms with Crippen LogP contribution in [0.5, 0.6) is 0 Å². The molecule has 4 nitrogen and oxygen atoms in total. The van der Waals surface area contributed by atoms with Crippen molar-refractivity contribution in [1.29, 1.82) is 0 Å². The number of aliphatic hydroxyl groups excluding tert-OH is 1. The van der Waals surface area contributed by atoms with Crippen molar-refractivity contribution >= 4 is 17.3 Å². The molecule has 1 aliphatic carbocycles. The molecule has 2 unspecified atom stereocenters. The number of nitrogens with one attached hydrogen (secondary N) is 2. The maximum absolute atomic E-state index is 11.3. The first-order chi connectivity index (χ1) is 11.7. The van der Waals surface area contributed by atoms with Crippen LogP contribution >= 0.6 is 0 Å². The molecule has 2 atom stereocenters. The maximum atomic E-state index is 11.3. The molecule has 126 valence electrons. The fourth-order valence-electron chi connectivity index (χ4n) is 3.49. The summed E-state index contributed by atoms with van der Waals surface area (Å²) >= 11 is 0. The van der Waals surface area contributed by atoms with Gasteiger partial charge in [-0.3, -0.25) is 4.79 Å². The van der Waals surface area contributed by atoms with Crippen LogP contribution in [0.15, 0.2) is 54.6 Å². The van der Waals surface area contributed by atoms with Crippen LogP contribution in [0.3, 0.4) is 0 Å². The zero-order valence-corrected chi connectivity index (χ0v) is 13.7. The Bertz CT molecular complexity index is 672. The molecule has 0 spiro atoms. The van der Waals surface area contributed by atoms with Crippen LogP contribution in [0.25, 0.3) is 0 Å². The molecule has 0 bridgehead atoms. The average Bonchev–Trinajstić information content (AvgIpc) is 3.03. The Morgan fingerprint density at radius 3 is 2.62 bits per heavy atom. The summed E-state index contributed by atoms with van der Waals surface area (Å²) in [5.41, 5.74) is 3.10. The highest BCUT2D eigenvalue weighted by Gasteiger charge is 2.27. The number of hydrogen-bond donors (Lipinski definition) is 3. The Morgan fingerprint density at radius 2 is 1.83 bits per heavy atom. The lowest BCUT2D eigenvalue weighted by Crippen LogP contribution is -2.25. The van der Waals surface area contributed by atoms with E-state index in [1.807, 2.05) is 24.3 Å². The van der Waals surface area contributed by atoms with Gasteiger partial charge in [-0.25, -0.2) is 0 Å². The molecule has 1 saturated carbocycles. The summed E-state index contributed by atoms with van der Waals surface area (Å²) in [5, 5.41) is 15.2. The van der Waals surface area contributed by atoms with Crippen LogP contribution in [0.1, 0.15) is 24.8 Å². The number of benzene rings is 2. The summed E-state index contributed by atoms with van der Waals surface area (Å²) in [7, 11) is 0. The van der Waals surface area contributed by atoms with Crippen molar-refractivity contribution < 1.29 is 9.90 Å². The third-order valence-electron chi connectivity index (χ3n) is 4.64. The third-order valence-corrected chi connectivity index (χ3v) is 4.64. The van der Waals surface area contributed by atoms with Crippen molar-refractivity contribution in [1.82, 2.24) is 0 Å². The first kappa shape index (κ1) is 16.5. The number of carbonyl (C=O) groups excluding carboxylic acids is 1. The Kier molecular flexibility index (Phi) is 5.49. The number of hydrogen-bond acceptors (Lipinski definition) is 3. The van der Waals surface area contributed by atoms with Crippen LogP contribution in [0, 0.1) is 5.92 Å². The van der Waals surface area contributed by atoms with E-state index in [2.05, 4.69) is 41.0 Å². The molecule has 1 amide bonds. The quantitative estimate of drug-likeness (QED) is 0.763. The second-order valence-electron chi connectivity index (χ2n) is 6.42. The second kappa shape index (κ2) is 7.97. The number of aliphatic hydroxyl groups is 1. The molecule has 0 aliphatic heterocycles. The molecule has 1 aliphatic rings. The topological polar surface area (TPSA) is 61.4 Å². The van der Waals surface area contributed by atoms with E-state index in [1.165, 1.54) is 24.8 Å². The summed E-state index contributed by atoms with van der Waals surface area (Å²) in [6, 6.07) is 18.8. The number of anilines is 2. The van der Waals surface area contributed by atoms with Gasteiger partial charge in [0.2, 0.25) is 5.91 Å². The number of rotatable bonds is 6. The molecular formula is C20H24N2O2. The van der Waals surface area contributed by atoms with Crippen molar-refractivity contribution in [2.75, 3.05) is 17.2 Å². The Balaban J connectivity index is 1.64. The zero-order valence-electron chi connectivity index (χ0n) is 13.7. The van der Waals surface area contributed by atoms with Crippen molar-refractivity contribution in [2.45, 2.75) is 31.7 Å². The highest BCUT2D eigenvalue weighted by atomic mass is 16.3. The van der Waals surface area contributed by atoms with Crippen LogP contribution in [-0.4, -0.2) is 23.7 Å². The van der Waals surface area contributed by atoms with Gasteiger partial charge in [0.05, 0.1) is 0 Å². The van der Waals surface area contributed by atoms with Gasteiger partial charge in [-0.05, 0) is 48.9 Å². The minimum absolute atomic E-state index is 0.394. The Labute approximate surface area is 142 Å². The Morgan fingerprint density at radius 1 is 1.04 bits per heavy atom. The van der Waals surface area contributed by atoms with E-state index in [4.69, 9.17) is 5.11 Å². The minimum Gasteiger partial charge on any atom is -0.387 e. The van der Waals surface area contributed by atoms with Crippen molar-refractivity contribution in [3.8, 4) is 0 Å². The molecule has 0 aromatic heterocycles. The molecule has 0 saturated heterocycles.